The number of carbonyl (C=O) groups excluding carboxylic acids is 1. The number of hydrogen-bond donors (Lipinski definition) is 0. The first-order chi connectivity index (χ1) is 9.59. The first-order valence-electron chi connectivity index (χ1n) is 7.42. The van der Waals surface area contributed by atoms with E-state index in [-0.39, 0.29) is 23.6 Å². The highest BCUT2D eigenvalue weighted by atomic mass is 16.6. The lowest BCUT2D eigenvalue weighted by atomic mass is 9.57. The Morgan fingerprint density at radius 3 is 3.10 bits per heavy atom. The fourth-order valence-corrected chi connectivity index (χ4v) is 3.60. The molecular weight excluding hydrogens is 256 g/mol. The van der Waals surface area contributed by atoms with Crippen molar-refractivity contribution in [3.8, 4) is 0 Å². The van der Waals surface area contributed by atoms with Crippen molar-refractivity contribution in [2.75, 3.05) is 6.61 Å². The van der Waals surface area contributed by atoms with E-state index in [1.807, 2.05) is 12.1 Å². The van der Waals surface area contributed by atoms with Gasteiger partial charge in [-0.05, 0) is 25.0 Å². The van der Waals surface area contributed by atoms with Crippen LogP contribution in [-0.4, -0.2) is 24.8 Å². The number of carbonyl (C=O) groups is 1. The average molecular weight is 278 g/mol. The molecule has 2 heterocycles. The van der Waals surface area contributed by atoms with Crippen LogP contribution in [0.2, 0.25) is 0 Å². The molecule has 2 aliphatic rings. The van der Waals surface area contributed by atoms with Gasteiger partial charge in [-0.1, -0.05) is 13.8 Å². The van der Waals surface area contributed by atoms with E-state index in [1.54, 1.807) is 6.26 Å². The summed E-state index contributed by atoms with van der Waals surface area (Å²) in [5, 5.41) is 0. The van der Waals surface area contributed by atoms with Crippen LogP contribution in [0.1, 0.15) is 38.9 Å². The summed E-state index contributed by atoms with van der Waals surface area (Å²) in [4.78, 5) is 12.0. The second-order valence-corrected chi connectivity index (χ2v) is 6.41. The number of furan rings is 1. The van der Waals surface area contributed by atoms with E-state index in [2.05, 4.69) is 13.8 Å². The normalized spacial score (nSPS) is 31.2. The minimum Gasteiger partial charge on any atom is -0.469 e. The SMILES string of the molecule is CC1(C)[C@@H]2OCCC[C@H]2[C@@H]1OC(=O)CCc1ccco1. The molecule has 1 saturated carbocycles. The minimum atomic E-state index is -0.136. The van der Waals surface area contributed by atoms with E-state index < -0.39 is 0 Å². The van der Waals surface area contributed by atoms with Gasteiger partial charge < -0.3 is 13.9 Å². The third-order valence-corrected chi connectivity index (χ3v) is 4.64. The van der Waals surface area contributed by atoms with Gasteiger partial charge in [-0.3, -0.25) is 4.79 Å². The Labute approximate surface area is 119 Å². The predicted molar refractivity (Wildman–Crippen MR) is 73.2 cm³/mol. The number of aryl methyl sites for hydroxylation is 1. The van der Waals surface area contributed by atoms with E-state index in [0.29, 0.717) is 18.8 Å². The van der Waals surface area contributed by atoms with Crippen LogP contribution in [-0.2, 0) is 20.7 Å². The third kappa shape index (κ3) is 2.37. The molecule has 0 amide bonds. The van der Waals surface area contributed by atoms with Crippen molar-refractivity contribution in [1.29, 1.82) is 0 Å². The number of fused-ring (bicyclic) bond motifs is 1. The molecule has 20 heavy (non-hydrogen) atoms. The quantitative estimate of drug-likeness (QED) is 0.794. The van der Waals surface area contributed by atoms with Crippen LogP contribution in [0, 0.1) is 11.3 Å². The van der Waals surface area contributed by atoms with Crippen LogP contribution in [0.4, 0.5) is 0 Å². The molecule has 4 nitrogen and oxygen atoms in total. The van der Waals surface area contributed by atoms with Gasteiger partial charge in [0.2, 0.25) is 0 Å². The second kappa shape index (κ2) is 5.24. The Hall–Kier alpha value is -1.29. The molecule has 0 spiro atoms. The molecule has 4 heteroatoms. The third-order valence-electron chi connectivity index (χ3n) is 4.64. The minimum absolute atomic E-state index is 0.00287. The van der Waals surface area contributed by atoms with Crippen molar-refractivity contribution in [2.45, 2.75) is 51.7 Å². The monoisotopic (exact) mass is 278 g/mol. The molecule has 0 unspecified atom stereocenters. The first-order valence-corrected chi connectivity index (χ1v) is 7.42. The second-order valence-electron chi connectivity index (χ2n) is 6.41. The zero-order valence-electron chi connectivity index (χ0n) is 12.1. The Morgan fingerprint density at radius 1 is 1.50 bits per heavy atom. The van der Waals surface area contributed by atoms with Crippen LogP contribution < -0.4 is 0 Å². The molecule has 3 rings (SSSR count). The van der Waals surface area contributed by atoms with Crippen molar-refractivity contribution in [2.24, 2.45) is 11.3 Å². The summed E-state index contributed by atoms with van der Waals surface area (Å²) in [6.45, 7) is 5.09. The highest BCUT2D eigenvalue weighted by Crippen LogP contribution is 2.52. The van der Waals surface area contributed by atoms with Gasteiger partial charge >= 0.3 is 5.97 Å². The summed E-state index contributed by atoms with van der Waals surface area (Å²) < 4.78 is 16.8. The zero-order chi connectivity index (χ0) is 14.2. The molecule has 2 fully saturated rings. The van der Waals surface area contributed by atoms with Crippen molar-refractivity contribution >= 4 is 5.97 Å². The maximum absolute atomic E-state index is 12.0. The molecule has 110 valence electrons. The van der Waals surface area contributed by atoms with Crippen molar-refractivity contribution in [1.82, 2.24) is 0 Å². The van der Waals surface area contributed by atoms with E-state index in [1.165, 1.54) is 0 Å². The molecule has 1 aromatic rings. The number of ether oxygens (including phenoxy) is 2. The van der Waals surface area contributed by atoms with Gasteiger partial charge in [0, 0.05) is 24.4 Å². The van der Waals surface area contributed by atoms with Crippen LogP contribution in [0.5, 0.6) is 0 Å². The predicted octanol–water partition coefficient (Wildman–Crippen LogP) is 2.96. The lowest BCUT2D eigenvalue weighted by Gasteiger charge is -2.58. The highest BCUT2D eigenvalue weighted by Gasteiger charge is 2.60. The Kier molecular flexibility index (Phi) is 3.59. The van der Waals surface area contributed by atoms with Crippen LogP contribution in [0.3, 0.4) is 0 Å². The average Bonchev–Trinajstić information content (AvgIpc) is 2.96. The van der Waals surface area contributed by atoms with E-state index in [4.69, 9.17) is 13.9 Å². The van der Waals surface area contributed by atoms with Gasteiger partial charge in [-0.25, -0.2) is 0 Å². The summed E-state index contributed by atoms with van der Waals surface area (Å²) in [5.41, 5.74) is -0.0641. The summed E-state index contributed by atoms with van der Waals surface area (Å²) >= 11 is 0. The number of rotatable bonds is 4. The largest absolute Gasteiger partial charge is 0.469 e. The van der Waals surface area contributed by atoms with Gasteiger partial charge in [0.15, 0.2) is 0 Å². The maximum atomic E-state index is 12.0. The van der Waals surface area contributed by atoms with E-state index >= 15 is 0 Å². The lowest BCUT2D eigenvalue weighted by Crippen LogP contribution is -2.65. The lowest BCUT2D eigenvalue weighted by molar-refractivity contribution is -0.254. The number of hydrogen-bond acceptors (Lipinski definition) is 4. The molecule has 0 bridgehead atoms. The summed E-state index contributed by atoms with van der Waals surface area (Å²) in [6, 6.07) is 3.71. The molecule has 0 N–H and O–H groups in total. The number of esters is 1. The van der Waals surface area contributed by atoms with Crippen LogP contribution >= 0.6 is 0 Å². The molecule has 3 atom stereocenters. The van der Waals surface area contributed by atoms with Gasteiger partial charge in [0.1, 0.15) is 11.9 Å². The highest BCUT2D eigenvalue weighted by molar-refractivity contribution is 5.70. The van der Waals surface area contributed by atoms with Crippen LogP contribution in [0.25, 0.3) is 0 Å². The Bertz CT molecular complexity index is 463. The smallest absolute Gasteiger partial charge is 0.306 e. The summed E-state index contributed by atoms with van der Waals surface area (Å²) in [7, 11) is 0. The maximum Gasteiger partial charge on any atom is 0.306 e. The van der Waals surface area contributed by atoms with Crippen LogP contribution in [0.15, 0.2) is 22.8 Å². The van der Waals surface area contributed by atoms with Gasteiger partial charge in [0.25, 0.3) is 0 Å². The van der Waals surface area contributed by atoms with Crippen molar-refractivity contribution in [3.05, 3.63) is 24.2 Å². The topological polar surface area (TPSA) is 48.7 Å². The zero-order valence-corrected chi connectivity index (χ0v) is 12.1. The molecule has 0 radical (unpaired) electrons. The molecule has 1 saturated heterocycles. The van der Waals surface area contributed by atoms with Crippen molar-refractivity contribution < 1.29 is 18.7 Å². The van der Waals surface area contributed by atoms with Gasteiger partial charge in [-0.15, -0.1) is 0 Å². The standard InChI is InChI=1S/C16H22O4/c1-16(2)14-12(6-4-10-19-14)15(16)20-13(17)8-7-11-5-3-9-18-11/h3,5,9,12,14-15H,4,6-8,10H2,1-2H3/t12-,14-,15+/m1/s1. The summed E-state index contributed by atoms with van der Waals surface area (Å²) in [5.74, 6) is 1.07. The molecule has 1 aromatic heterocycles. The fraction of sp³-hybridized carbons (Fsp3) is 0.688. The Balaban J connectivity index is 1.53. The summed E-state index contributed by atoms with van der Waals surface area (Å²) in [6.07, 6.45) is 5.01. The molecule has 0 aromatic carbocycles. The Morgan fingerprint density at radius 2 is 2.35 bits per heavy atom. The molecule has 1 aliphatic heterocycles. The van der Waals surface area contributed by atoms with Crippen molar-refractivity contribution in [3.63, 3.8) is 0 Å². The van der Waals surface area contributed by atoms with E-state index in [9.17, 15) is 4.79 Å². The fourth-order valence-electron chi connectivity index (χ4n) is 3.60. The van der Waals surface area contributed by atoms with Gasteiger partial charge in [0.05, 0.1) is 18.8 Å². The van der Waals surface area contributed by atoms with Gasteiger partial charge in [-0.2, -0.15) is 0 Å². The molecule has 1 aliphatic carbocycles. The molecular formula is C16H22O4. The van der Waals surface area contributed by atoms with E-state index in [0.717, 1.165) is 25.2 Å². The first kappa shape index (κ1) is 13.7.